The maximum Gasteiger partial charge on any atom is 0.157 e. The molecule has 0 unspecified atom stereocenters. The second kappa shape index (κ2) is 6.50. The molecule has 0 heterocycles. The molecule has 0 bridgehead atoms. The van der Waals surface area contributed by atoms with Crippen molar-refractivity contribution in [1.82, 2.24) is 0 Å². The van der Waals surface area contributed by atoms with Gasteiger partial charge in [0.1, 0.15) is 5.75 Å². The number of hydrogen-bond acceptors (Lipinski definition) is 3. The molecule has 0 radical (unpaired) electrons. The van der Waals surface area contributed by atoms with E-state index in [2.05, 4.69) is 25.3 Å². The Kier molecular flexibility index (Phi) is 4.68. The summed E-state index contributed by atoms with van der Waals surface area (Å²) in [5.74, 6) is 0.520. The summed E-state index contributed by atoms with van der Waals surface area (Å²) in [6, 6.07) is 12.2. The Morgan fingerprint density at radius 2 is 1.77 bits per heavy atom. The van der Waals surface area contributed by atoms with Crippen molar-refractivity contribution in [3.63, 3.8) is 0 Å². The van der Waals surface area contributed by atoms with E-state index in [9.17, 15) is 10.5 Å². The lowest BCUT2D eigenvalue weighted by Gasteiger charge is -2.43. The van der Waals surface area contributed by atoms with Crippen LogP contribution in [0.1, 0.15) is 24.3 Å². The van der Waals surface area contributed by atoms with Gasteiger partial charge in [-0.3, -0.25) is 0 Å². The minimum atomic E-state index is -1.10. The molecular weight excluding hydrogens is 272 g/mol. The van der Waals surface area contributed by atoms with Crippen LogP contribution in [-0.4, -0.2) is 7.11 Å². The zero-order valence-electron chi connectivity index (χ0n) is 12.8. The molecule has 0 N–H and O–H groups in total. The Bertz CT molecular complexity index is 619. The number of allylic oxidation sites excluding steroid dienone is 2. The SMILES string of the molecule is C=C[C@@H]1CC[C@@H](C=C)C(C#N)(C#N)[C@@H]1c1ccc(OC)cc1. The second-order valence-electron chi connectivity index (χ2n) is 5.66. The Morgan fingerprint density at radius 3 is 2.23 bits per heavy atom. The lowest BCUT2D eigenvalue weighted by atomic mass is 9.56. The Balaban J connectivity index is 2.57. The van der Waals surface area contributed by atoms with E-state index in [1.807, 2.05) is 30.3 Å². The third-order valence-corrected chi connectivity index (χ3v) is 4.75. The topological polar surface area (TPSA) is 56.8 Å². The fourth-order valence-electron chi connectivity index (χ4n) is 3.54. The van der Waals surface area contributed by atoms with E-state index in [0.29, 0.717) is 0 Å². The Morgan fingerprint density at radius 1 is 1.14 bits per heavy atom. The molecule has 1 fully saturated rings. The van der Waals surface area contributed by atoms with Gasteiger partial charge in [-0.05, 0) is 36.5 Å². The third-order valence-electron chi connectivity index (χ3n) is 4.75. The molecule has 1 aromatic rings. The number of ether oxygens (including phenoxy) is 1. The molecule has 1 saturated carbocycles. The Hall–Kier alpha value is -2.52. The molecular formula is C19H20N2O. The summed E-state index contributed by atoms with van der Waals surface area (Å²) in [5, 5.41) is 19.6. The van der Waals surface area contributed by atoms with Gasteiger partial charge in [-0.25, -0.2) is 0 Å². The molecule has 0 aromatic heterocycles. The molecule has 0 aliphatic heterocycles. The molecule has 22 heavy (non-hydrogen) atoms. The summed E-state index contributed by atoms with van der Waals surface area (Å²) < 4.78 is 5.19. The quantitative estimate of drug-likeness (QED) is 0.781. The van der Waals surface area contributed by atoms with E-state index in [1.165, 1.54) is 0 Å². The summed E-state index contributed by atoms with van der Waals surface area (Å²) in [6.07, 6.45) is 5.32. The van der Waals surface area contributed by atoms with E-state index in [0.717, 1.165) is 24.2 Å². The van der Waals surface area contributed by atoms with E-state index in [4.69, 9.17) is 4.74 Å². The molecule has 112 valence electrons. The van der Waals surface area contributed by atoms with Crippen LogP contribution in [0.5, 0.6) is 5.75 Å². The van der Waals surface area contributed by atoms with Crippen LogP contribution in [-0.2, 0) is 0 Å². The molecule has 1 aromatic carbocycles. The summed E-state index contributed by atoms with van der Waals surface area (Å²) in [7, 11) is 1.62. The van der Waals surface area contributed by atoms with Crippen molar-refractivity contribution < 1.29 is 4.74 Å². The van der Waals surface area contributed by atoms with Crippen LogP contribution < -0.4 is 4.74 Å². The van der Waals surface area contributed by atoms with Crippen molar-refractivity contribution in [3.05, 3.63) is 55.1 Å². The van der Waals surface area contributed by atoms with Crippen LogP contribution in [0.3, 0.4) is 0 Å². The van der Waals surface area contributed by atoms with Gasteiger partial charge in [-0.1, -0.05) is 24.3 Å². The average molecular weight is 292 g/mol. The summed E-state index contributed by atoms with van der Waals surface area (Å²) in [5.41, 5.74) is -0.131. The lowest BCUT2D eigenvalue weighted by molar-refractivity contribution is 0.184. The standard InChI is InChI=1S/C19H20N2O/c1-4-14-6-9-16(5-2)19(12-20,13-21)18(14)15-7-10-17(22-3)11-8-15/h4-5,7-8,10-11,14,16,18H,1-2,6,9H2,3H3/t14-,16-,18+/m1/s1. The smallest absolute Gasteiger partial charge is 0.157 e. The molecule has 0 saturated heterocycles. The van der Waals surface area contributed by atoms with Crippen molar-refractivity contribution in [2.45, 2.75) is 18.8 Å². The maximum atomic E-state index is 9.81. The average Bonchev–Trinajstić information content (AvgIpc) is 2.60. The van der Waals surface area contributed by atoms with Crippen molar-refractivity contribution >= 4 is 0 Å². The predicted molar refractivity (Wildman–Crippen MR) is 86.0 cm³/mol. The highest BCUT2D eigenvalue weighted by atomic mass is 16.5. The fourth-order valence-corrected chi connectivity index (χ4v) is 3.54. The molecule has 0 spiro atoms. The van der Waals surface area contributed by atoms with E-state index in [1.54, 1.807) is 13.2 Å². The van der Waals surface area contributed by atoms with Crippen molar-refractivity contribution in [3.8, 4) is 17.9 Å². The van der Waals surface area contributed by atoms with Gasteiger partial charge in [-0.2, -0.15) is 10.5 Å². The van der Waals surface area contributed by atoms with Gasteiger partial charge in [0.15, 0.2) is 5.41 Å². The van der Waals surface area contributed by atoms with Gasteiger partial charge in [0.05, 0.1) is 19.2 Å². The first-order chi connectivity index (χ1) is 10.7. The summed E-state index contributed by atoms with van der Waals surface area (Å²) >= 11 is 0. The van der Waals surface area contributed by atoms with Crippen molar-refractivity contribution in [2.24, 2.45) is 17.3 Å². The van der Waals surface area contributed by atoms with Crippen LogP contribution >= 0.6 is 0 Å². The van der Waals surface area contributed by atoms with Crippen LogP contribution in [0.2, 0.25) is 0 Å². The second-order valence-corrected chi connectivity index (χ2v) is 5.66. The maximum absolute atomic E-state index is 9.81. The molecule has 3 heteroatoms. The molecule has 0 amide bonds. The van der Waals surface area contributed by atoms with Gasteiger partial charge in [0.2, 0.25) is 0 Å². The first kappa shape index (κ1) is 15.9. The first-order valence-electron chi connectivity index (χ1n) is 7.38. The monoisotopic (exact) mass is 292 g/mol. The van der Waals surface area contributed by atoms with E-state index in [-0.39, 0.29) is 17.8 Å². The van der Waals surface area contributed by atoms with E-state index >= 15 is 0 Å². The number of rotatable bonds is 4. The molecule has 2 rings (SSSR count). The minimum Gasteiger partial charge on any atom is -0.497 e. The molecule has 1 aliphatic carbocycles. The predicted octanol–water partition coefficient (Wildman–Crippen LogP) is 4.21. The first-order valence-corrected chi connectivity index (χ1v) is 7.38. The number of nitriles is 2. The molecule has 3 atom stereocenters. The third kappa shape index (κ3) is 2.40. The lowest BCUT2D eigenvalue weighted by Crippen LogP contribution is -2.41. The number of benzene rings is 1. The van der Waals surface area contributed by atoms with Gasteiger partial charge in [0, 0.05) is 11.8 Å². The highest BCUT2D eigenvalue weighted by Gasteiger charge is 2.51. The number of hydrogen-bond donors (Lipinski definition) is 0. The van der Waals surface area contributed by atoms with Crippen LogP contribution in [0.15, 0.2) is 49.6 Å². The Labute approximate surface area is 132 Å². The minimum absolute atomic E-state index is 0.101. The summed E-state index contributed by atoms with van der Waals surface area (Å²) in [6.45, 7) is 7.74. The normalized spacial score (nSPS) is 26.2. The summed E-state index contributed by atoms with van der Waals surface area (Å²) in [4.78, 5) is 0. The number of methoxy groups -OCH3 is 1. The van der Waals surface area contributed by atoms with Gasteiger partial charge in [0.25, 0.3) is 0 Å². The largest absolute Gasteiger partial charge is 0.497 e. The van der Waals surface area contributed by atoms with Crippen molar-refractivity contribution in [2.75, 3.05) is 7.11 Å². The fraction of sp³-hybridized carbons (Fsp3) is 0.368. The molecule has 3 nitrogen and oxygen atoms in total. The highest BCUT2D eigenvalue weighted by Crippen LogP contribution is 2.53. The number of nitrogens with zero attached hydrogens (tertiary/aromatic N) is 2. The van der Waals surface area contributed by atoms with E-state index < -0.39 is 5.41 Å². The van der Waals surface area contributed by atoms with Crippen LogP contribution in [0, 0.1) is 39.9 Å². The van der Waals surface area contributed by atoms with Crippen molar-refractivity contribution in [1.29, 1.82) is 10.5 Å². The zero-order chi connectivity index (χ0) is 16.2. The van der Waals surface area contributed by atoms with Crippen LogP contribution in [0.4, 0.5) is 0 Å². The molecule has 1 aliphatic rings. The van der Waals surface area contributed by atoms with Crippen LogP contribution in [0.25, 0.3) is 0 Å². The van der Waals surface area contributed by atoms with Gasteiger partial charge >= 0.3 is 0 Å². The van der Waals surface area contributed by atoms with Gasteiger partial charge in [-0.15, -0.1) is 13.2 Å². The van der Waals surface area contributed by atoms with Gasteiger partial charge < -0.3 is 4.74 Å². The zero-order valence-corrected chi connectivity index (χ0v) is 12.8. The highest BCUT2D eigenvalue weighted by molar-refractivity contribution is 5.38.